The van der Waals surface area contributed by atoms with Crippen LogP contribution in [0.25, 0.3) is 11.4 Å². The first-order valence-electron chi connectivity index (χ1n) is 10.1. The zero-order chi connectivity index (χ0) is 22.7. The summed E-state index contributed by atoms with van der Waals surface area (Å²) in [6.07, 6.45) is 1.58. The van der Waals surface area contributed by atoms with Crippen molar-refractivity contribution in [3.8, 4) is 11.4 Å². The molecule has 164 valence electrons. The molecule has 0 fully saturated rings. The van der Waals surface area contributed by atoms with Crippen molar-refractivity contribution in [2.45, 2.75) is 32.5 Å². The van der Waals surface area contributed by atoms with Gasteiger partial charge in [-0.25, -0.2) is 4.39 Å². The van der Waals surface area contributed by atoms with Gasteiger partial charge in [0.2, 0.25) is 5.91 Å². The van der Waals surface area contributed by atoms with Crippen molar-refractivity contribution in [3.05, 3.63) is 83.1 Å². The van der Waals surface area contributed by atoms with Gasteiger partial charge in [-0.1, -0.05) is 41.6 Å². The number of aryl methyl sites for hydroxylation is 3. The summed E-state index contributed by atoms with van der Waals surface area (Å²) in [4.78, 5) is 12.7. The number of furan rings is 1. The van der Waals surface area contributed by atoms with E-state index in [4.69, 9.17) is 4.42 Å². The molecular formula is C24H23FN4O2S. The van der Waals surface area contributed by atoms with E-state index in [1.54, 1.807) is 35.1 Å². The van der Waals surface area contributed by atoms with Gasteiger partial charge in [-0.15, -0.1) is 10.2 Å². The number of amides is 1. The third kappa shape index (κ3) is 4.75. The van der Waals surface area contributed by atoms with Gasteiger partial charge in [-0.3, -0.25) is 9.36 Å². The lowest BCUT2D eigenvalue weighted by Crippen LogP contribution is -2.16. The SMILES string of the molecule is Cc1cc(C)c(NC(=O)CSc2nnc(-c3ccccc3F)n2Cc2ccco2)c(C)c1. The van der Waals surface area contributed by atoms with Gasteiger partial charge in [0.25, 0.3) is 0 Å². The Labute approximate surface area is 189 Å². The van der Waals surface area contributed by atoms with Gasteiger partial charge in [0.1, 0.15) is 11.6 Å². The minimum atomic E-state index is -0.389. The van der Waals surface area contributed by atoms with E-state index in [9.17, 15) is 9.18 Å². The van der Waals surface area contributed by atoms with E-state index in [0.717, 1.165) is 22.4 Å². The Balaban J connectivity index is 1.56. The number of carbonyl (C=O) groups excluding carboxylic acids is 1. The van der Waals surface area contributed by atoms with Crippen molar-refractivity contribution in [1.29, 1.82) is 0 Å². The fourth-order valence-electron chi connectivity index (χ4n) is 3.62. The molecule has 0 aliphatic heterocycles. The smallest absolute Gasteiger partial charge is 0.234 e. The van der Waals surface area contributed by atoms with Crippen molar-refractivity contribution in [3.63, 3.8) is 0 Å². The second-order valence-corrected chi connectivity index (χ2v) is 8.50. The summed E-state index contributed by atoms with van der Waals surface area (Å²) >= 11 is 1.25. The molecule has 4 rings (SSSR count). The van der Waals surface area contributed by atoms with Crippen LogP contribution in [0.15, 0.2) is 64.4 Å². The molecular weight excluding hydrogens is 427 g/mol. The third-order valence-corrected chi connectivity index (χ3v) is 5.97. The highest BCUT2D eigenvalue weighted by molar-refractivity contribution is 7.99. The summed E-state index contributed by atoms with van der Waals surface area (Å²) in [5.41, 5.74) is 4.35. The molecule has 6 nitrogen and oxygen atoms in total. The van der Waals surface area contributed by atoms with Crippen LogP contribution in [0, 0.1) is 26.6 Å². The van der Waals surface area contributed by atoms with E-state index >= 15 is 0 Å². The van der Waals surface area contributed by atoms with Crippen LogP contribution in [-0.4, -0.2) is 26.4 Å². The van der Waals surface area contributed by atoms with Gasteiger partial charge >= 0.3 is 0 Å². The summed E-state index contributed by atoms with van der Waals surface area (Å²) in [7, 11) is 0. The first-order chi connectivity index (χ1) is 15.4. The highest BCUT2D eigenvalue weighted by atomic mass is 32.2. The van der Waals surface area contributed by atoms with Gasteiger partial charge in [0.05, 0.1) is 24.1 Å². The minimum absolute atomic E-state index is 0.139. The molecule has 0 aliphatic rings. The summed E-state index contributed by atoms with van der Waals surface area (Å²) in [5, 5.41) is 11.9. The summed E-state index contributed by atoms with van der Waals surface area (Å²) in [6, 6.07) is 14.1. The maximum atomic E-state index is 14.4. The van der Waals surface area contributed by atoms with E-state index in [2.05, 4.69) is 15.5 Å². The molecule has 0 unspecified atom stereocenters. The van der Waals surface area contributed by atoms with Crippen molar-refractivity contribution in [2.75, 3.05) is 11.1 Å². The monoisotopic (exact) mass is 450 g/mol. The first kappa shape index (κ1) is 21.8. The number of anilines is 1. The molecule has 1 amide bonds. The van der Waals surface area contributed by atoms with Crippen LogP contribution in [0.1, 0.15) is 22.5 Å². The fourth-order valence-corrected chi connectivity index (χ4v) is 4.36. The van der Waals surface area contributed by atoms with Crippen LogP contribution in [0.2, 0.25) is 0 Å². The normalized spacial score (nSPS) is 11.0. The Bertz CT molecular complexity index is 1230. The molecule has 2 aromatic carbocycles. The maximum Gasteiger partial charge on any atom is 0.234 e. The minimum Gasteiger partial charge on any atom is -0.467 e. The third-order valence-electron chi connectivity index (χ3n) is 5.00. The van der Waals surface area contributed by atoms with Gasteiger partial charge < -0.3 is 9.73 Å². The van der Waals surface area contributed by atoms with E-state index in [1.807, 2.05) is 39.0 Å². The number of nitrogens with zero attached hydrogens (tertiary/aromatic N) is 3. The highest BCUT2D eigenvalue weighted by Gasteiger charge is 2.19. The number of nitrogens with one attached hydrogen (secondary N) is 1. The molecule has 2 heterocycles. The van der Waals surface area contributed by atoms with Crippen LogP contribution in [0.5, 0.6) is 0 Å². The van der Waals surface area contributed by atoms with E-state index in [1.165, 1.54) is 17.8 Å². The number of benzene rings is 2. The Morgan fingerprint density at radius 1 is 1.09 bits per heavy atom. The van der Waals surface area contributed by atoms with Crippen molar-refractivity contribution < 1.29 is 13.6 Å². The van der Waals surface area contributed by atoms with E-state index in [-0.39, 0.29) is 17.5 Å². The van der Waals surface area contributed by atoms with Crippen LogP contribution in [-0.2, 0) is 11.3 Å². The lowest BCUT2D eigenvalue weighted by atomic mass is 10.1. The Morgan fingerprint density at radius 2 is 1.84 bits per heavy atom. The molecule has 0 aliphatic carbocycles. The largest absolute Gasteiger partial charge is 0.467 e. The van der Waals surface area contributed by atoms with E-state index in [0.29, 0.717) is 28.8 Å². The van der Waals surface area contributed by atoms with Crippen LogP contribution in [0.3, 0.4) is 0 Å². The number of aromatic nitrogens is 3. The van der Waals surface area contributed by atoms with Crippen LogP contribution in [0.4, 0.5) is 10.1 Å². The molecule has 0 saturated carbocycles. The Hall–Kier alpha value is -3.39. The number of carbonyl (C=O) groups is 1. The number of thioether (sulfide) groups is 1. The standard InChI is InChI=1S/C24H23FN4O2S/c1-15-11-16(2)22(17(3)12-15)26-21(30)14-32-24-28-27-23(19-8-4-5-9-20(19)25)29(24)13-18-7-6-10-31-18/h4-12H,13-14H2,1-3H3,(H,26,30). The predicted octanol–water partition coefficient (Wildman–Crippen LogP) is 5.38. The molecule has 2 aromatic heterocycles. The molecule has 1 N–H and O–H groups in total. The molecule has 0 atom stereocenters. The number of rotatable bonds is 7. The van der Waals surface area contributed by atoms with Gasteiger partial charge in [-0.2, -0.15) is 0 Å². The number of hydrogen-bond donors (Lipinski definition) is 1. The van der Waals surface area contributed by atoms with Crippen molar-refractivity contribution >= 4 is 23.4 Å². The quantitative estimate of drug-likeness (QED) is 0.383. The lowest BCUT2D eigenvalue weighted by molar-refractivity contribution is -0.113. The van der Waals surface area contributed by atoms with Crippen LogP contribution >= 0.6 is 11.8 Å². The molecule has 0 bridgehead atoms. The molecule has 32 heavy (non-hydrogen) atoms. The summed E-state index contributed by atoms with van der Waals surface area (Å²) < 4.78 is 21.7. The second kappa shape index (κ2) is 9.40. The summed E-state index contributed by atoms with van der Waals surface area (Å²) in [6.45, 7) is 6.30. The van der Waals surface area contributed by atoms with Gasteiger partial charge in [0.15, 0.2) is 11.0 Å². The molecule has 0 spiro atoms. The lowest BCUT2D eigenvalue weighted by Gasteiger charge is -2.13. The molecule has 8 heteroatoms. The van der Waals surface area contributed by atoms with Crippen LogP contribution < -0.4 is 5.32 Å². The average Bonchev–Trinajstić information content (AvgIpc) is 3.40. The van der Waals surface area contributed by atoms with Gasteiger partial charge in [0, 0.05) is 5.69 Å². The Kier molecular flexibility index (Phi) is 6.41. The van der Waals surface area contributed by atoms with Crippen molar-refractivity contribution in [1.82, 2.24) is 14.8 Å². The second-order valence-electron chi connectivity index (χ2n) is 7.56. The number of halogens is 1. The average molecular weight is 451 g/mol. The molecule has 0 saturated heterocycles. The topological polar surface area (TPSA) is 73.0 Å². The first-order valence-corrected chi connectivity index (χ1v) is 11.1. The Morgan fingerprint density at radius 3 is 2.53 bits per heavy atom. The zero-order valence-corrected chi connectivity index (χ0v) is 18.9. The molecule has 4 aromatic rings. The molecule has 0 radical (unpaired) electrons. The number of hydrogen-bond acceptors (Lipinski definition) is 5. The van der Waals surface area contributed by atoms with Crippen molar-refractivity contribution in [2.24, 2.45) is 0 Å². The maximum absolute atomic E-state index is 14.4. The summed E-state index contributed by atoms with van der Waals surface area (Å²) in [5.74, 6) is 0.665. The van der Waals surface area contributed by atoms with Gasteiger partial charge in [-0.05, 0) is 56.2 Å². The highest BCUT2D eigenvalue weighted by Crippen LogP contribution is 2.28. The van der Waals surface area contributed by atoms with E-state index < -0.39 is 0 Å². The zero-order valence-electron chi connectivity index (χ0n) is 18.1. The fraction of sp³-hybridized carbons (Fsp3) is 0.208. The predicted molar refractivity (Wildman–Crippen MR) is 123 cm³/mol.